The van der Waals surface area contributed by atoms with E-state index in [1.54, 1.807) is 0 Å². The Hall–Kier alpha value is -3.53. The van der Waals surface area contributed by atoms with Gasteiger partial charge in [-0.05, 0) is 96.9 Å². The van der Waals surface area contributed by atoms with Crippen LogP contribution in [0, 0.1) is 20.8 Å². The van der Waals surface area contributed by atoms with E-state index in [-0.39, 0.29) is 23.6 Å². The van der Waals surface area contributed by atoms with Crippen LogP contribution < -0.4 is 26.0 Å². The number of amides is 1. The maximum Gasteiger partial charge on any atom is 0.424 e. The molecule has 0 aromatic heterocycles. The Morgan fingerprint density at radius 2 is 1.47 bits per heavy atom. The summed E-state index contributed by atoms with van der Waals surface area (Å²) >= 11 is 0. The maximum atomic E-state index is 13.8. The van der Waals surface area contributed by atoms with E-state index < -0.39 is 0 Å². The van der Waals surface area contributed by atoms with Gasteiger partial charge in [-0.3, -0.25) is 0 Å². The summed E-state index contributed by atoms with van der Waals surface area (Å²) in [5.41, 5.74) is 13.0. The Morgan fingerprint density at radius 3 is 2.16 bits per heavy atom. The van der Waals surface area contributed by atoms with Crippen molar-refractivity contribution in [2.24, 2.45) is 0 Å². The Kier molecular flexibility index (Phi) is 4.20. The number of hydrogen-bond acceptors (Lipinski definition) is 2. The molecule has 4 aromatic carbocycles. The summed E-state index contributed by atoms with van der Waals surface area (Å²) in [4.78, 5) is 15.7. The van der Waals surface area contributed by atoms with Crippen molar-refractivity contribution < 1.29 is 9.53 Å². The molecule has 9 rings (SSSR count). The maximum absolute atomic E-state index is 13.8. The molecular weight excluding hydrogens is 465 g/mol. The van der Waals surface area contributed by atoms with Crippen LogP contribution in [0.1, 0.15) is 67.3 Å². The SMILES string of the molecule is Cc1cc(C)c(B2c3cc4c(cc3N3C(=O)Oc5cccc6ccc2c3c56)C2(C)CCC4(C)CC2)c(C)c1. The lowest BCUT2D eigenvalue weighted by Crippen LogP contribution is -2.61. The molecule has 1 amide bonds. The highest BCUT2D eigenvalue weighted by Crippen LogP contribution is 2.57. The van der Waals surface area contributed by atoms with E-state index in [4.69, 9.17) is 4.74 Å². The first-order chi connectivity index (χ1) is 18.2. The number of anilines is 2. The topological polar surface area (TPSA) is 29.5 Å². The van der Waals surface area contributed by atoms with E-state index in [0.717, 1.165) is 22.1 Å². The number of rotatable bonds is 1. The van der Waals surface area contributed by atoms with E-state index in [9.17, 15) is 4.79 Å². The highest BCUT2D eigenvalue weighted by molar-refractivity contribution is 6.98. The second kappa shape index (κ2) is 7.11. The molecule has 2 heterocycles. The molecule has 1 saturated carbocycles. The molecule has 2 bridgehead atoms. The van der Waals surface area contributed by atoms with Crippen LogP contribution in [0.5, 0.6) is 5.75 Å². The molecule has 188 valence electrons. The van der Waals surface area contributed by atoms with E-state index in [1.807, 2.05) is 17.0 Å². The lowest BCUT2D eigenvalue weighted by atomic mass is 9.33. The van der Waals surface area contributed by atoms with Crippen molar-refractivity contribution in [2.75, 3.05) is 4.90 Å². The van der Waals surface area contributed by atoms with Crippen molar-refractivity contribution in [3.8, 4) is 5.75 Å². The molecule has 38 heavy (non-hydrogen) atoms. The van der Waals surface area contributed by atoms with Gasteiger partial charge in [0.2, 0.25) is 6.71 Å². The van der Waals surface area contributed by atoms with Crippen molar-refractivity contribution in [1.82, 2.24) is 0 Å². The zero-order chi connectivity index (χ0) is 26.1. The summed E-state index contributed by atoms with van der Waals surface area (Å²) in [6.45, 7) is 11.6. The van der Waals surface area contributed by atoms with Gasteiger partial charge >= 0.3 is 6.09 Å². The fourth-order valence-corrected chi connectivity index (χ4v) is 8.40. The Balaban J connectivity index is 1.52. The van der Waals surface area contributed by atoms with E-state index in [2.05, 4.69) is 77.1 Å². The highest BCUT2D eigenvalue weighted by Gasteiger charge is 2.50. The molecule has 0 saturated heterocycles. The molecule has 0 N–H and O–H groups in total. The quantitative estimate of drug-likeness (QED) is 0.287. The lowest BCUT2D eigenvalue weighted by molar-refractivity contribution is 0.188. The molecule has 5 aliphatic rings. The smallest absolute Gasteiger partial charge is 0.409 e. The largest absolute Gasteiger partial charge is 0.424 e. The van der Waals surface area contributed by atoms with Crippen LogP contribution in [-0.4, -0.2) is 12.8 Å². The van der Waals surface area contributed by atoms with Crippen molar-refractivity contribution >= 4 is 51.3 Å². The van der Waals surface area contributed by atoms with Crippen LogP contribution in [0.2, 0.25) is 0 Å². The number of ether oxygens (including phenoxy) is 1. The predicted octanol–water partition coefficient (Wildman–Crippen LogP) is 6.35. The summed E-state index contributed by atoms with van der Waals surface area (Å²) in [5.74, 6) is 0.664. The number of carbonyl (C=O) groups excluding carboxylic acids is 1. The van der Waals surface area contributed by atoms with Gasteiger partial charge in [0.1, 0.15) is 5.75 Å². The number of carbonyl (C=O) groups is 1. The first-order valence-electron chi connectivity index (χ1n) is 14.0. The van der Waals surface area contributed by atoms with Gasteiger partial charge < -0.3 is 4.74 Å². The van der Waals surface area contributed by atoms with Gasteiger partial charge in [-0.25, -0.2) is 9.69 Å². The third kappa shape index (κ3) is 2.68. The number of aryl methyl sites for hydroxylation is 3. The minimum Gasteiger partial charge on any atom is -0.409 e. The average molecular weight is 497 g/mol. The molecule has 0 unspecified atom stereocenters. The molecule has 4 heteroatoms. The summed E-state index contributed by atoms with van der Waals surface area (Å²) in [6, 6.07) is 20.0. The van der Waals surface area contributed by atoms with E-state index in [1.165, 1.54) is 69.9 Å². The standard InChI is InChI=1S/C34H32BNO2/c1-19-15-20(2)30(21(3)16-19)35-25-10-9-22-7-6-8-28-29(22)31(25)36(32(37)38-28)27-18-24-23(17-26(27)35)33(4)11-13-34(24,5)14-12-33/h6-10,15-18H,11-14H2,1-5H3. The van der Waals surface area contributed by atoms with Crippen LogP contribution in [-0.2, 0) is 10.8 Å². The highest BCUT2D eigenvalue weighted by atomic mass is 16.6. The van der Waals surface area contributed by atoms with Gasteiger partial charge in [-0.1, -0.05) is 78.5 Å². The third-order valence-corrected chi connectivity index (χ3v) is 10.4. The molecular formula is C34H32BNO2. The summed E-state index contributed by atoms with van der Waals surface area (Å²) in [5, 5.41) is 2.15. The average Bonchev–Trinajstić information content (AvgIpc) is 2.88. The lowest BCUT2D eigenvalue weighted by Gasteiger charge is -2.53. The van der Waals surface area contributed by atoms with Crippen molar-refractivity contribution in [2.45, 2.75) is 71.1 Å². The van der Waals surface area contributed by atoms with E-state index in [0.29, 0.717) is 5.75 Å². The number of benzene rings is 4. The molecule has 0 spiro atoms. The molecule has 3 aliphatic carbocycles. The van der Waals surface area contributed by atoms with Gasteiger partial charge in [0, 0.05) is 11.1 Å². The number of fused-ring (bicyclic) bond motifs is 4. The Morgan fingerprint density at radius 1 is 0.816 bits per heavy atom. The van der Waals surface area contributed by atoms with Crippen molar-refractivity contribution in [3.05, 3.63) is 82.4 Å². The Labute approximate surface area is 224 Å². The second-order valence-electron chi connectivity index (χ2n) is 12.9. The van der Waals surface area contributed by atoms with Gasteiger partial charge in [-0.2, -0.15) is 0 Å². The van der Waals surface area contributed by atoms with E-state index >= 15 is 0 Å². The fraction of sp³-hybridized carbons (Fsp3) is 0.324. The van der Waals surface area contributed by atoms with Crippen LogP contribution in [0.4, 0.5) is 16.2 Å². The van der Waals surface area contributed by atoms with Crippen molar-refractivity contribution in [1.29, 1.82) is 0 Å². The first kappa shape index (κ1) is 22.5. The van der Waals surface area contributed by atoms with Crippen LogP contribution in [0.15, 0.2) is 54.6 Å². The number of nitrogens with zero attached hydrogens (tertiary/aromatic N) is 1. The molecule has 1 fully saturated rings. The van der Waals surface area contributed by atoms with Gasteiger partial charge in [0.15, 0.2) is 0 Å². The fourth-order valence-electron chi connectivity index (χ4n) is 8.40. The van der Waals surface area contributed by atoms with Crippen LogP contribution in [0.3, 0.4) is 0 Å². The normalized spacial score (nSPS) is 24.4. The summed E-state index contributed by atoms with van der Waals surface area (Å²) in [6.07, 6.45) is 4.59. The van der Waals surface area contributed by atoms with Crippen LogP contribution in [0.25, 0.3) is 10.8 Å². The molecule has 2 aliphatic heterocycles. The predicted molar refractivity (Wildman–Crippen MR) is 157 cm³/mol. The van der Waals surface area contributed by atoms with Gasteiger partial charge in [0.05, 0.1) is 5.69 Å². The van der Waals surface area contributed by atoms with Crippen molar-refractivity contribution in [3.63, 3.8) is 0 Å². The summed E-state index contributed by atoms with van der Waals surface area (Å²) in [7, 11) is 0. The zero-order valence-corrected chi connectivity index (χ0v) is 22.9. The zero-order valence-electron chi connectivity index (χ0n) is 22.9. The molecule has 3 nitrogen and oxygen atoms in total. The van der Waals surface area contributed by atoms with Gasteiger partial charge in [-0.15, -0.1) is 0 Å². The van der Waals surface area contributed by atoms with Gasteiger partial charge in [0.25, 0.3) is 0 Å². The van der Waals surface area contributed by atoms with Crippen LogP contribution >= 0.6 is 0 Å². The molecule has 4 aromatic rings. The monoisotopic (exact) mass is 497 g/mol. The second-order valence-corrected chi connectivity index (χ2v) is 12.9. The first-order valence-corrected chi connectivity index (χ1v) is 14.0. The third-order valence-electron chi connectivity index (χ3n) is 10.4. The Bertz CT molecular complexity index is 1720. The molecule has 0 radical (unpaired) electrons. The number of hydrogen-bond donors (Lipinski definition) is 0. The minimum atomic E-state index is -0.299. The molecule has 0 atom stereocenters. The summed E-state index contributed by atoms with van der Waals surface area (Å²) < 4.78 is 6.00. The minimum absolute atomic E-state index is 0.0577.